The third-order valence-electron chi connectivity index (χ3n) is 2.42. The van der Waals surface area contributed by atoms with Crippen LogP contribution in [0, 0.1) is 0 Å². The van der Waals surface area contributed by atoms with E-state index in [-0.39, 0.29) is 0 Å². The minimum atomic E-state index is 0.979. The van der Waals surface area contributed by atoms with Crippen LogP contribution in [0.1, 0.15) is 5.56 Å². The summed E-state index contributed by atoms with van der Waals surface area (Å²) in [7, 11) is 0. The fourth-order valence-electron chi connectivity index (χ4n) is 1.63. The Kier molecular flexibility index (Phi) is 3.11. The largest absolute Gasteiger partial charge is 0.360 e. The van der Waals surface area contributed by atoms with Crippen molar-refractivity contribution in [3.05, 3.63) is 35.9 Å². The summed E-state index contributed by atoms with van der Waals surface area (Å²) in [5.41, 5.74) is 1.16. The molecule has 0 bridgehead atoms. The Hall–Kier alpha value is -0.930. The number of nitrogens with zero attached hydrogens (tertiary/aromatic N) is 1. The van der Waals surface area contributed by atoms with Crippen LogP contribution < -0.4 is 5.32 Å². The lowest BCUT2D eigenvalue weighted by Gasteiger charge is -2.29. The monoisotopic (exact) mass is 206 g/mol. The molecule has 0 saturated carbocycles. The Bertz CT molecular complexity index is 304. The lowest BCUT2D eigenvalue weighted by molar-refractivity contribution is 0.363. The van der Waals surface area contributed by atoms with Crippen molar-refractivity contribution < 1.29 is 0 Å². The molecule has 0 aromatic heterocycles. The van der Waals surface area contributed by atoms with Gasteiger partial charge in [-0.05, 0) is 0 Å². The zero-order valence-corrected chi connectivity index (χ0v) is 8.89. The van der Waals surface area contributed by atoms with E-state index in [1.54, 1.807) is 0 Å². The second-order valence-corrected chi connectivity index (χ2v) is 3.79. The summed E-state index contributed by atoms with van der Waals surface area (Å²) in [4.78, 5) is 3.24. The van der Waals surface area contributed by atoms with Gasteiger partial charge in [0.25, 0.3) is 0 Å². The predicted molar refractivity (Wildman–Crippen MR) is 62.6 cm³/mol. The van der Waals surface area contributed by atoms with Crippen LogP contribution in [0.3, 0.4) is 0 Å². The molecule has 0 atom stereocenters. The molecular weight excluding hydrogens is 192 g/mol. The molecule has 1 aliphatic rings. The van der Waals surface area contributed by atoms with Crippen LogP contribution in [0.15, 0.2) is 30.3 Å². The second-order valence-electron chi connectivity index (χ2n) is 3.41. The van der Waals surface area contributed by atoms with Crippen LogP contribution in [-0.4, -0.2) is 36.1 Å². The van der Waals surface area contributed by atoms with Crippen LogP contribution >= 0.6 is 12.2 Å². The number of benzene rings is 1. The highest BCUT2D eigenvalue weighted by Gasteiger charge is 2.13. The number of rotatable bonds is 1. The SMILES string of the molecule is S=C(c1ccccc1)N1CCNCC1. The molecule has 1 N–H and O–H groups in total. The Morgan fingerprint density at radius 1 is 1.14 bits per heavy atom. The summed E-state index contributed by atoms with van der Waals surface area (Å²) in [5.74, 6) is 0. The van der Waals surface area contributed by atoms with E-state index in [0.717, 1.165) is 36.7 Å². The first-order valence-corrected chi connectivity index (χ1v) is 5.34. The first kappa shape index (κ1) is 9.62. The quantitative estimate of drug-likeness (QED) is 0.697. The van der Waals surface area contributed by atoms with Gasteiger partial charge in [-0.25, -0.2) is 0 Å². The fourth-order valence-corrected chi connectivity index (χ4v) is 1.95. The van der Waals surface area contributed by atoms with Gasteiger partial charge in [-0.2, -0.15) is 0 Å². The minimum absolute atomic E-state index is 0.979. The maximum atomic E-state index is 5.44. The minimum Gasteiger partial charge on any atom is -0.360 e. The summed E-state index contributed by atoms with van der Waals surface area (Å²) < 4.78 is 0. The summed E-state index contributed by atoms with van der Waals surface area (Å²) >= 11 is 5.44. The molecule has 0 radical (unpaired) electrons. The fraction of sp³-hybridized carbons (Fsp3) is 0.364. The van der Waals surface area contributed by atoms with Crippen LogP contribution in [-0.2, 0) is 0 Å². The van der Waals surface area contributed by atoms with Gasteiger partial charge in [0.2, 0.25) is 0 Å². The van der Waals surface area contributed by atoms with Gasteiger partial charge in [0, 0.05) is 31.7 Å². The molecule has 74 valence electrons. The van der Waals surface area contributed by atoms with Gasteiger partial charge in [-0.3, -0.25) is 0 Å². The molecule has 1 aromatic carbocycles. The van der Waals surface area contributed by atoms with Gasteiger partial charge in [-0.1, -0.05) is 42.5 Å². The zero-order chi connectivity index (χ0) is 9.80. The number of nitrogens with one attached hydrogen (secondary N) is 1. The number of hydrogen-bond acceptors (Lipinski definition) is 2. The summed E-state index contributed by atoms with van der Waals surface area (Å²) in [6.45, 7) is 4.11. The van der Waals surface area contributed by atoms with E-state index in [1.165, 1.54) is 0 Å². The van der Waals surface area contributed by atoms with Crippen molar-refractivity contribution in [1.29, 1.82) is 0 Å². The second kappa shape index (κ2) is 4.53. The molecule has 1 fully saturated rings. The first-order valence-electron chi connectivity index (χ1n) is 4.93. The van der Waals surface area contributed by atoms with Gasteiger partial charge in [0.05, 0.1) is 0 Å². The molecule has 2 rings (SSSR count). The third kappa shape index (κ3) is 2.11. The Morgan fingerprint density at radius 3 is 2.43 bits per heavy atom. The van der Waals surface area contributed by atoms with E-state index in [0.29, 0.717) is 0 Å². The highest BCUT2D eigenvalue weighted by atomic mass is 32.1. The molecule has 1 heterocycles. The van der Waals surface area contributed by atoms with Crippen molar-refractivity contribution >= 4 is 17.2 Å². The summed E-state index contributed by atoms with van der Waals surface area (Å²) in [5, 5.41) is 3.32. The molecule has 0 amide bonds. The van der Waals surface area contributed by atoms with E-state index in [4.69, 9.17) is 12.2 Å². The predicted octanol–water partition coefficient (Wildman–Crippen LogP) is 1.27. The molecule has 0 unspecified atom stereocenters. The lowest BCUT2D eigenvalue weighted by Crippen LogP contribution is -2.46. The molecule has 1 aliphatic heterocycles. The highest BCUT2D eigenvalue weighted by Crippen LogP contribution is 2.06. The summed E-state index contributed by atoms with van der Waals surface area (Å²) in [6, 6.07) is 10.2. The van der Waals surface area contributed by atoms with Gasteiger partial charge < -0.3 is 10.2 Å². The van der Waals surface area contributed by atoms with Crippen molar-refractivity contribution in [2.24, 2.45) is 0 Å². The lowest BCUT2D eigenvalue weighted by atomic mass is 10.2. The molecule has 3 heteroatoms. The molecule has 0 spiro atoms. The first-order chi connectivity index (χ1) is 6.88. The maximum Gasteiger partial charge on any atom is 0.109 e. The van der Waals surface area contributed by atoms with Crippen molar-refractivity contribution in [2.45, 2.75) is 0 Å². The standard InChI is InChI=1S/C11H14N2S/c14-11(10-4-2-1-3-5-10)13-8-6-12-7-9-13/h1-5,12H,6-9H2. The van der Waals surface area contributed by atoms with E-state index in [9.17, 15) is 0 Å². The van der Waals surface area contributed by atoms with Crippen molar-refractivity contribution in [1.82, 2.24) is 10.2 Å². The van der Waals surface area contributed by atoms with Gasteiger partial charge in [0.1, 0.15) is 4.99 Å². The van der Waals surface area contributed by atoms with Gasteiger partial charge in [-0.15, -0.1) is 0 Å². The number of piperazine rings is 1. The Balaban J connectivity index is 2.07. The van der Waals surface area contributed by atoms with E-state index in [2.05, 4.69) is 22.3 Å². The van der Waals surface area contributed by atoms with Gasteiger partial charge >= 0.3 is 0 Å². The van der Waals surface area contributed by atoms with E-state index >= 15 is 0 Å². The molecule has 1 aromatic rings. The molecule has 2 nitrogen and oxygen atoms in total. The molecule has 0 aliphatic carbocycles. The Morgan fingerprint density at radius 2 is 1.79 bits per heavy atom. The van der Waals surface area contributed by atoms with Crippen molar-refractivity contribution in [3.63, 3.8) is 0 Å². The van der Waals surface area contributed by atoms with Crippen LogP contribution in [0.5, 0.6) is 0 Å². The highest BCUT2D eigenvalue weighted by molar-refractivity contribution is 7.80. The average molecular weight is 206 g/mol. The topological polar surface area (TPSA) is 15.3 Å². The van der Waals surface area contributed by atoms with E-state index < -0.39 is 0 Å². The average Bonchev–Trinajstić information content (AvgIpc) is 2.30. The number of hydrogen-bond donors (Lipinski definition) is 1. The van der Waals surface area contributed by atoms with Crippen molar-refractivity contribution in [3.8, 4) is 0 Å². The van der Waals surface area contributed by atoms with Crippen molar-refractivity contribution in [2.75, 3.05) is 26.2 Å². The van der Waals surface area contributed by atoms with Gasteiger partial charge in [0.15, 0.2) is 0 Å². The smallest absolute Gasteiger partial charge is 0.109 e. The zero-order valence-electron chi connectivity index (χ0n) is 8.07. The molecule has 14 heavy (non-hydrogen) atoms. The van der Waals surface area contributed by atoms with Crippen LogP contribution in [0.25, 0.3) is 0 Å². The molecular formula is C11H14N2S. The van der Waals surface area contributed by atoms with Crippen LogP contribution in [0.2, 0.25) is 0 Å². The Labute approximate surface area is 89.9 Å². The number of thiocarbonyl (C=S) groups is 1. The molecule has 1 saturated heterocycles. The maximum absolute atomic E-state index is 5.44. The van der Waals surface area contributed by atoms with Crippen LogP contribution in [0.4, 0.5) is 0 Å². The summed E-state index contributed by atoms with van der Waals surface area (Å²) in [6.07, 6.45) is 0. The van der Waals surface area contributed by atoms with E-state index in [1.807, 2.05) is 18.2 Å². The third-order valence-corrected chi connectivity index (χ3v) is 2.92. The normalized spacial score (nSPS) is 16.7.